The minimum atomic E-state index is 0.0779. The molecule has 20 heavy (non-hydrogen) atoms. The fourth-order valence-electron chi connectivity index (χ4n) is 2.65. The molecule has 1 aliphatic heterocycles. The van der Waals surface area contributed by atoms with Gasteiger partial charge in [-0.15, -0.1) is 0 Å². The van der Waals surface area contributed by atoms with Crippen LogP contribution in [0.2, 0.25) is 0 Å². The van der Waals surface area contributed by atoms with Gasteiger partial charge in [0.25, 0.3) is 5.91 Å². The van der Waals surface area contributed by atoms with Crippen LogP contribution in [-0.4, -0.2) is 46.4 Å². The first kappa shape index (κ1) is 15.0. The van der Waals surface area contributed by atoms with Gasteiger partial charge in [-0.2, -0.15) is 5.10 Å². The Morgan fingerprint density at radius 2 is 2.30 bits per heavy atom. The van der Waals surface area contributed by atoms with E-state index in [1.807, 2.05) is 24.9 Å². The Morgan fingerprint density at radius 1 is 1.55 bits per heavy atom. The zero-order valence-corrected chi connectivity index (χ0v) is 12.9. The quantitative estimate of drug-likeness (QED) is 0.830. The topological polar surface area (TPSA) is 47.4 Å². The van der Waals surface area contributed by atoms with Crippen LogP contribution in [0, 0.1) is 0 Å². The van der Waals surface area contributed by atoms with E-state index < -0.39 is 0 Å². The second-order valence-electron chi connectivity index (χ2n) is 5.69. The zero-order valence-electron chi connectivity index (χ0n) is 12.9. The molecule has 5 nitrogen and oxygen atoms in total. The van der Waals surface area contributed by atoms with Gasteiger partial charge < -0.3 is 9.64 Å². The summed E-state index contributed by atoms with van der Waals surface area (Å²) in [5, 5.41) is 4.43. The molecule has 2 heterocycles. The normalized spacial score (nSPS) is 19.1. The van der Waals surface area contributed by atoms with Crippen LogP contribution in [0.1, 0.15) is 55.7 Å². The first-order valence-electron chi connectivity index (χ1n) is 7.47. The molecule has 0 aliphatic carbocycles. The number of carbonyl (C=O) groups is 1. The minimum Gasteiger partial charge on any atom is -0.380 e. The maximum Gasteiger partial charge on any atom is 0.272 e. The number of aromatic nitrogens is 2. The molecule has 1 saturated heterocycles. The van der Waals surface area contributed by atoms with Gasteiger partial charge in [0.2, 0.25) is 0 Å². The lowest BCUT2D eigenvalue weighted by atomic mass is 10.1. The van der Waals surface area contributed by atoms with Crippen LogP contribution in [0.4, 0.5) is 0 Å². The summed E-state index contributed by atoms with van der Waals surface area (Å²) >= 11 is 0. The van der Waals surface area contributed by atoms with Crippen molar-refractivity contribution in [3.63, 3.8) is 0 Å². The molecule has 0 radical (unpaired) electrons. The van der Waals surface area contributed by atoms with Crippen molar-refractivity contribution in [1.29, 1.82) is 0 Å². The number of amides is 1. The highest BCUT2D eigenvalue weighted by atomic mass is 16.5. The number of nitrogens with zero attached hydrogens (tertiary/aromatic N) is 3. The predicted molar refractivity (Wildman–Crippen MR) is 77.8 cm³/mol. The molecule has 5 heteroatoms. The molecule has 1 atom stereocenters. The fourth-order valence-corrected chi connectivity index (χ4v) is 2.65. The van der Waals surface area contributed by atoms with Crippen LogP contribution in [0.5, 0.6) is 0 Å². The van der Waals surface area contributed by atoms with Crippen molar-refractivity contribution in [1.82, 2.24) is 14.7 Å². The predicted octanol–water partition coefficient (Wildman–Crippen LogP) is 2.18. The number of aryl methyl sites for hydroxylation is 1. The molecule has 0 bridgehead atoms. The summed E-state index contributed by atoms with van der Waals surface area (Å²) in [6.45, 7) is 8.31. The highest BCUT2D eigenvalue weighted by Gasteiger charge is 2.31. The molecule has 0 N–H and O–H groups in total. The van der Waals surface area contributed by atoms with Gasteiger partial charge in [-0.3, -0.25) is 9.48 Å². The van der Waals surface area contributed by atoms with Crippen LogP contribution in [0.25, 0.3) is 0 Å². The molecule has 0 unspecified atom stereocenters. The molecular formula is C15H25N3O2. The number of hydrogen-bond acceptors (Lipinski definition) is 3. The Balaban J connectivity index is 2.13. The van der Waals surface area contributed by atoms with Gasteiger partial charge in [0.1, 0.15) is 5.69 Å². The molecule has 0 spiro atoms. The summed E-state index contributed by atoms with van der Waals surface area (Å²) < 4.78 is 7.19. The van der Waals surface area contributed by atoms with Crippen molar-refractivity contribution in [2.24, 2.45) is 7.05 Å². The van der Waals surface area contributed by atoms with E-state index in [2.05, 4.69) is 18.9 Å². The van der Waals surface area contributed by atoms with E-state index in [1.54, 1.807) is 4.68 Å². The summed E-state index contributed by atoms with van der Waals surface area (Å²) in [6.07, 6.45) is 2.08. The van der Waals surface area contributed by atoms with Crippen molar-refractivity contribution in [3.05, 3.63) is 17.5 Å². The van der Waals surface area contributed by atoms with Gasteiger partial charge >= 0.3 is 0 Å². The molecule has 1 aromatic rings. The summed E-state index contributed by atoms with van der Waals surface area (Å²) in [4.78, 5) is 14.6. The third-order valence-corrected chi connectivity index (χ3v) is 3.86. The van der Waals surface area contributed by atoms with Gasteiger partial charge in [0.05, 0.1) is 18.3 Å². The van der Waals surface area contributed by atoms with Gasteiger partial charge in [-0.1, -0.05) is 13.8 Å². The summed E-state index contributed by atoms with van der Waals surface area (Å²) in [6, 6.07) is 2.13. The molecule has 1 aromatic heterocycles. The standard InChI is InChI=1S/C15H25N3O2/c1-5-20-10-12-7-6-8-18(12)15(19)14-9-13(11(2)3)16-17(14)4/h9,11-12H,5-8,10H2,1-4H3/t12-/m0/s1. The van der Waals surface area contributed by atoms with Gasteiger partial charge in [0.15, 0.2) is 0 Å². The van der Waals surface area contributed by atoms with Gasteiger partial charge in [-0.25, -0.2) is 0 Å². The Labute approximate surface area is 120 Å². The second-order valence-corrected chi connectivity index (χ2v) is 5.69. The Bertz CT molecular complexity index is 468. The fraction of sp³-hybridized carbons (Fsp3) is 0.733. The van der Waals surface area contributed by atoms with Crippen LogP contribution >= 0.6 is 0 Å². The Morgan fingerprint density at radius 3 is 2.90 bits per heavy atom. The Kier molecular flexibility index (Phi) is 4.81. The number of likely N-dealkylation sites (tertiary alicyclic amines) is 1. The van der Waals surface area contributed by atoms with Crippen LogP contribution in [0.15, 0.2) is 6.07 Å². The average Bonchev–Trinajstić information content (AvgIpc) is 3.02. The summed E-state index contributed by atoms with van der Waals surface area (Å²) in [7, 11) is 1.84. The van der Waals surface area contributed by atoms with Gasteiger partial charge in [0, 0.05) is 20.2 Å². The maximum absolute atomic E-state index is 12.7. The van der Waals surface area contributed by atoms with Crippen LogP contribution in [-0.2, 0) is 11.8 Å². The number of hydrogen-bond donors (Lipinski definition) is 0. The van der Waals surface area contributed by atoms with E-state index in [0.29, 0.717) is 24.8 Å². The van der Waals surface area contributed by atoms with Crippen molar-refractivity contribution < 1.29 is 9.53 Å². The Hall–Kier alpha value is -1.36. The van der Waals surface area contributed by atoms with E-state index in [4.69, 9.17) is 4.74 Å². The van der Waals surface area contributed by atoms with E-state index in [0.717, 1.165) is 25.1 Å². The third-order valence-electron chi connectivity index (χ3n) is 3.86. The zero-order chi connectivity index (χ0) is 14.7. The first-order chi connectivity index (χ1) is 9.54. The molecule has 2 rings (SSSR count). The lowest BCUT2D eigenvalue weighted by molar-refractivity contribution is 0.0555. The number of ether oxygens (including phenoxy) is 1. The molecule has 112 valence electrons. The summed E-state index contributed by atoms with van der Waals surface area (Å²) in [5.41, 5.74) is 1.65. The largest absolute Gasteiger partial charge is 0.380 e. The lowest BCUT2D eigenvalue weighted by Gasteiger charge is -2.24. The lowest BCUT2D eigenvalue weighted by Crippen LogP contribution is -2.39. The minimum absolute atomic E-state index is 0.0779. The summed E-state index contributed by atoms with van der Waals surface area (Å²) in [5.74, 6) is 0.412. The van der Waals surface area contributed by atoms with E-state index >= 15 is 0 Å². The van der Waals surface area contributed by atoms with Crippen molar-refractivity contribution in [2.75, 3.05) is 19.8 Å². The van der Waals surface area contributed by atoms with E-state index in [1.165, 1.54) is 0 Å². The molecule has 1 fully saturated rings. The number of carbonyl (C=O) groups excluding carboxylic acids is 1. The molecule has 1 aliphatic rings. The number of rotatable bonds is 5. The SMILES string of the molecule is CCOC[C@@H]1CCCN1C(=O)c1cc(C(C)C)nn1C. The monoisotopic (exact) mass is 279 g/mol. The van der Waals surface area contributed by atoms with Crippen molar-refractivity contribution >= 4 is 5.91 Å². The van der Waals surface area contributed by atoms with E-state index in [9.17, 15) is 4.79 Å². The van der Waals surface area contributed by atoms with Crippen molar-refractivity contribution in [2.45, 2.75) is 45.6 Å². The van der Waals surface area contributed by atoms with Crippen molar-refractivity contribution in [3.8, 4) is 0 Å². The smallest absolute Gasteiger partial charge is 0.272 e. The third kappa shape index (κ3) is 3.03. The van der Waals surface area contributed by atoms with Crippen LogP contribution < -0.4 is 0 Å². The maximum atomic E-state index is 12.7. The molecule has 0 aromatic carbocycles. The second kappa shape index (κ2) is 6.39. The molecular weight excluding hydrogens is 254 g/mol. The highest BCUT2D eigenvalue weighted by Crippen LogP contribution is 2.22. The van der Waals surface area contributed by atoms with Crippen LogP contribution in [0.3, 0.4) is 0 Å². The van der Waals surface area contributed by atoms with E-state index in [-0.39, 0.29) is 11.9 Å². The first-order valence-corrected chi connectivity index (χ1v) is 7.47. The highest BCUT2D eigenvalue weighted by molar-refractivity contribution is 5.93. The average molecular weight is 279 g/mol. The molecule has 1 amide bonds. The van der Waals surface area contributed by atoms with Gasteiger partial charge in [-0.05, 0) is 31.7 Å². The molecule has 0 saturated carbocycles.